The monoisotopic (exact) mass is 464 g/mol. The van der Waals surface area contributed by atoms with Crippen LogP contribution in [0.5, 0.6) is 0 Å². The molecule has 4 radical (unpaired) electrons. The Kier molecular flexibility index (Phi) is 22.6. The summed E-state index contributed by atoms with van der Waals surface area (Å²) in [4.78, 5) is 0. The first-order chi connectivity index (χ1) is 3.46. The van der Waals surface area contributed by atoms with E-state index >= 15 is 0 Å². The molecule has 56 valence electrons. The fourth-order valence-electron chi connectivity index (χ4n) is 0. The smallest absolute Gasteiger partial charge is 0 e. The van der Waals surface area contributed by atoms with Crippen LogP contribution >= 0.6 is 0 Å². The van der Waals surface area contributed by atoms with Crippen molar-refractivity contribution in [3.63, 3.8) is 0 Å². The summed E-state index contributed by atoms with van der Waals surface area (Å²) in [5.41, 5.74) is 0. The largest absolute Gasteiger partial charge is 0 e. The van der Waals surface area contributed by atoms with Gasteiger partial charge in [-0.25, -0.2) is 0 Å². The second-order valence-electron chi connectivity index (χ2n) is 0.408. The van der Waals surface area contributed by atoms with Gasteiger partial charge in [0.15, 0.2) is 0 Å². The van der Waals surface area contributed by atoms with E-state index in [1.807, 2.05) is 0 Å². The molecule has 0 bridgehead atoms. The average Bonchev–Trinajstić information content (AvgIpc) is 1.25. The molecule has 0 aromatic heterocycles. The Morgan fingerprint density at radius 3 is 0.778 bits per heavy atom. The van der Waals surface area contributed by atoms with Gasteiger partial charge in [-0.1, -0.05) is 0 Å². The first-order valence-electron chi connectivity index (χ1n) is 1.00. The van der Waals surface area contributed by atoms with Crippen molar-refractivity contribution in [3.05, 3.63) is 0 Å². The minimum atomic E-state index is -3.79. The molecule has 0 fully saturated rings. The van der Waals surface area contributed by atoms with Crippen molar-refractivity contribution in [2.75, 3.05) is 0 Å². The quantitative estimate of drug-likeness (QED) is 0.331. The summed E-state index contributed by atoms with van der Waals surface area (Å²) in [5.74, 6) is 0. The van der Waals surface area contributed by atoms with Crippen LogP contribution in [0.15, 0.2) is 0 Å². The van der Waals surface area contributed by atoms with Crippen molar-refractivity contribution in [1.29, 1.82) is 0 Å². The molecule has 0 rings (SSSR count). The van der Waals surface area contributed by atoms with Gasteiger partial charge >= 0.3 is 53.4 Å². The Bertz CT molecular complexity index is 69.1. The standard InChI is InChI=1S/2H2O3Se.Pb/c2*1-4(2)3;/h2*(H2,1,2,3);/p-4. The van der Waals surface area contributed by atoms with E-state index in [-0.39, 0.29) is 27.3 Å². The molecule has 0 aromatic rings. The minimum Gasteiger partial charge on any atom is 0 e. The van der Waals surface area contributed by atoms with E-state index < -0.39 is 29.0 Å². The molecule has 9 heteroatoms. The molecule has 0 unspecified atom stereocenters. The predicted octanol–water partition coefficient (Wildman–Crippen LogP) is -6.14. The maximum absolute atomic E-state index is 8.54. The SMILES string of the molecule is O=[Se]([O-])[O-].O=[Se]([O-])[O-].[Pb]. The molecule has 9 heavy (non-hydrogen) atoms. The third-order valence-electron chi connectivity index (χ3n) is 0. The van der Waals surface area contributed by atoms with Crippen LogP contribution in [0.4, 0.5) is 0 Å². The van der Waals surface area contributed by atoms with Crippen molar-refractivity contribution in [3.8, 4) is 0 Å². The van der Waals surface area contributed by atoms with Crippen LogP contribution < -0.4 is 16.8 Å². The molecule has 0 aliphatic heterocycles. The van der Waals surface area contributed by atoms with Gasteiger partial charge in [0.2, 0.25) is 0 Å². The molecule has 0 atom stereocenters. The first kappa shape index (κ1) is 16.8. The number of hydrogen-bond acceptors (Lipinski definition) is 6. The molecule has 0 saturated heterocycles. The molecule has 0 amide bonds. The van der Waals surface area contributed by atoms with Crippen molar-refractivity contribution >= 4 is 56.3 Å². The molecule has 0 aromatic carbocycles. The third-order valence-corrected chi connectivity index (χ3v) is 0. The van der Waals surface area contributed by atoms with E-state index in [0.717, 1.165) is 0 Å². The molecule has 6 nitrogen and oxygen atoms in total. The van der Waals surface area contributed by atoms with Gasteiger partial charge in [-0.05, 0) is 0 Å². The fraction of sp³-hybridized carbons (Fsp3) is 0. The van der Waals surface area contributed by atoms with Gasteiger partial charge in [-0.3, -0.25) is 0 Å². The van der Waals surface area contributed by atoms with Gasteiger partial charge in [-0.15, -0.1) is 0 Å². The maximum Gasteiger partial charge on any atom is 0 e. The number of hydrogen-bond donors (Lipinski definition) is 0. The van der Waals surface area contributed by atoms with Crippen molar-refractivity contribution in [2.24, 2.45) is 0 Å². The van der Waals surface area contributed by atoms with E-state index in [2.05, 4.69) is 0 Å². The molecule has 0 spiro atoms. The Morgan fingerprint density at radius 1 is 0.778 bits per heavy atom. The molecule has 0 heterocycles. The van der Waals surface area contributed by atoms with Crippen LogP contribution in [0.3, 0.4) is 0 Å². The summed E-state index contributed by atoms with van der Waals surface area (Å²) < 4.78 is 51.2. The molecule has 0 aliphatic rings. The van der Waals surface area contributed by atoms with Crippen LogP contribution in [0.1, 0.15) is 0 Å². The second kappa shape index (κ2) is 12.1. The Morgan fingerprint density at radius 2 is 0.778 bits per heavy atom. The van der Waals surface area contributed by atoms with E-state index in [4.69, 9.17) is 24.4 Å². The molecule has 0 aliphatic carbocycles. The number of rotatable bonds is 0. The molecular formula is O6PbSe2-4. The van der Waals surface area contributed by atoms with Gasteiger partial charge in [0, 0.05) is 27.3 Å². The third kappa shape index (κ3) is 262. The topological polar surface area (TPSA) is 126 Å². The van der Waals surface area contributed by atoms with Crippen LogP contribution in [0.2, 0.25) is 0 Å². The van der Waals surface area contributed by atoms with Gasteiger partial charge < -0.3 is 0 Å². The zero-order valence-corrected chi connectivity index (χ0v) is 11.1. The second-order valence-corrected chi connectivity index (χ2v) is 2.12. The average molecular weight is 461 g/mol. The molecular weight excluding hydrogens is 461 g/mol. The van der Waals surface area contributed by atoms with Crippen LogP contribution in [-0.4, -0.2) is 56.3 Å². The maximum atomic E-state index is 8.54. The molecule has 0 N–H and O–H groups in total. The summed E-state index contributed by atoms with van der Waals surface area (Å²) in [5, 5.41) is 0. The van der Waals surface area contributed by atoms with E-state index in [1.54, 1.807) is 0 Å². The fourth-order valence-corrected chi connectivity index (χ4v) is 0. The summed E-state index contributed by atoms with van der Waals surface area (Å²) in [6, 6.07) is 0. The van der Waals surface area contributed by atoms with Gasteiger partial charge in [0.05, 0.1) is 0 Å². The summed E-state index contributed by atoms with van der Waals surface area (Å²) in [6.45, 7) is 0. The van der Waals surface area contributed by atoms with Gasteiger partial charge in [0.1, 0.15) is 0 Å². The zero-order chi connectivity index (χ0) is 7.15. The van der Waals surface area contributed by atoms with Crippen LogP contribution in [-0.2, 0) is 7.67 Å². The Hall–Kier alpha value is 1.40. The Balaban J connectivity index is -0.0000000720. The van der Waals surface area contributed by atoms with Crippen molar-refractivity contribution in [2.45, 2.75) is 0 Å². The zero-order valence-electron chi connectivity index (χ0n) is 3.77. The van der Waals surface area contributed by atoms with Crippen molar-refractivity contribution < 1.29 is 24.4 Å². The van der Waals surface area contributed by atoms with E-state index in [0.29, 0.717) is 0 Å². The van der Waals surface area contributed by atoms with Crippen LogP contribution in [0, 0.1) is 0 Å². The first-order valence-corrected chi connectivity index (χ1v) is 5.20. The Labute approximate surface area is 80.1 Å². The van der Waals surface area contributed by atoms with E-state index in [9.17, 15) is 0 Å². The predicted molar refractivity (Wildman–Crippen MR) is 18.6 cm³/mol. The minimum absolute atomic E-state index is 0. The summed E-state index contributed by atoms with van der Waals surface area (Å²) in [6.07, 6.45) is 0. The van der Waals surface area contributed by atoms with Crippen LogP contribution in [0.25, 0.3) is 0 Å². The van der Waals surface area contributed by atoms with Crippen molar-refractivity contribution in [1.82, 2.24) is 0 Å². The van der Waals surface area contributed by atoms with E-state index in [1.165, 1.54) is 0 Å². The van der Waals surface area contributed by atoms with Gasteiger partial charge in [0.25, 0.3) is 0 Å². The summed E-state index contributed by atoms with van der Waals surface area (Å²) >= 11 is -7.58. The summed E-state index contributed by atoms with van der Waals surface area (Å²) in [7, 11) is 0. The van der Waals surface area contributed by atoms with Gasteiger partial charge in [-0.2, -0.15) is 0 Å². The molecule has 0 saturated carbocycles. The normalized spacial score (nSPS) is 7.78.